The van der Waals surface area contributed by atoms with E-state index in [1.807, 2.05) is 41.7 Å². The van der Waals surface area contributed by atoms with Gasteiger partial charge in [-0.2, -0.15) is 0 Å². The first-order valence-electron chi connectivity index (χ1n) is 11.9. The summed E-state index contributed by atoms with van der Waals surface area (Å²) in [7, 11) is 0.277. The van der Waals surface area contributed by atoms with Crippen molar-refractivity contribution in [3.63, 3.8) is 0 Å². The molecular formula is C27H27FN6O3S. The fourth-order valence-electron chi connectivity index (χ4n) is 4.48. The van der Waals surface area contributed by atoms with E-state index in [4.69, 9.17) is 4.99 Å². The molecule has 1 aliphatic rings. The van der Waals surface area contributed by atoms with E-state index in [0.717, 1.165) is 5.65 Å². The number of anilines is 2. The highest BCUT2D eigenvalue weighted by atomic mass is 32.2. The standard InChI is InChI=1S/C27H27FN6O3S/c1-32(2)14-15-34(38(3,36)37)21-8-6-20(7-9-21)30-26(18-4-11-24-29-12-13-33(24)17-18)25-22-10-5-19(28)16-23(22)31-27(25)35/h4-13,16-17,25H,14-15H2,1-3H3,(H,31,35). The van der Waals surface area contributed by atoms with Gasteiger partial charge in [-0.25, -0.2) is 17.8 Å². The molecule has 3 heterocycles. The predicted octanol–water partition coefficient (Wildman–Crippen LogP) is 3.66. The molecule has 0 radical (unpaired) electrons. The van der Waals surface area contributed by atoms with Gasteiger partial charge in [0, 0.05) is 42.9 Å². The van der Waals surface area contributed by atoms with Gasteiger partial charge >= 0.3 is 0 Å². The number of benzene rings is 2. The van der Waals surface area contributed by atoms with Crippen LogP contribution in [-0.4, -0.2) is 67.8 Å². The lowest BCUT2D eigenvalue weighted by Gasteiger charge is -2.24. The molecule has 1 aliphatic heterocycles. The van der Waals surface area contributed by atoms with Crippen LogP contribution in [0, 0.1) is 5.82 Å². The minimum Gasteiger partial charge on any atom is -0.325 e. The van der Waals surface area contributed by atoms with Crippen LogP contribution in [0.3, 0.4) is 0 Å². The summed E-state index contributed by atoms with van der Waals surface area (Å²) < 4.78 is 41.9. The summed E-state index contributed by atoms with van der Waals surface area (Å²) >= 11 is 0. The fraction of sp³-hybridized carbons (Fsp3) is 0.222. The molecule has 1 amide bonds. The van der Waals surface area contributed by atoms with Crippen molar-refractivity contribution < 1.29 is 17.6 Å². The molecular weight excluding hydrogens is 507 g/mol. The SMILES string of the molecule is CN(C)CCN(c1ccc(N=C(c2ccc3nccn3c2)C2C(=O)Nc3cc(F)ccc32)cc1)S(C)(=O)=O. The maximum atomic E-state index is 13.9. The number of hydrogen-bond acceptors (Lipinski definition) is 6. The number of nitrogens with zero attached hydrogens (tertiary/aromatic N) is 5. The van der Waals surface area contributed by atoms with Crippen molar-refractivity contribution in [1.82, 2.24) is 14.3 Å². The molecule has 5 rings (SSSR count). The zero-order chi connectivity index (χ0) is 27.0. The molecule has 1 atom stereocenters. The Kier molecular flexibility index (Phi) is 6.72. The number of likely N-dealkylation sites (N-methyl/N-ethyl adjacent to an activating group) is 1. The first kappa shape index (κ1) is 25.6. The van der Waals surface area contributed by atoms with Crippen LogP contribution in [0.25, 0.3) is 5.65 Å². The topological polar surface area (TPSA) is 99.4 Å². The highest BCUT2D eigenvalue weighted by molar-refractivity contribution is 7.92. The molecule has 1 N–H and O–H groups in total. The van der Waals surface area contributed by atoms with Crippen molar-refractivity contribution in [1.29, 1.82) is 0 Å². The van der Waals surface area contributed by atoms with Crippen molar-refractivity contribution in [2.45, 2.75) is 5.92 Å². The molecule has 4 aromatic rings. The molecule has 0 saturated carbocycles. The number of fused-ring (bicyclic) bond motifs is 2. The molecule has 2 aromatic heterocycles. The Morgan fingerprint density at radius 3 is 2.58 bits per heavy atom. The second-order valence-corrected chi connectivity index (χ2v) is 11.3. The lowest BCUT2D eigenvalue weighted by Crippen LogP contribution is -2.35. The molecule has 0 aliphatic carbocycles. The van der Waals surface area contributed by atoms with Crippen LogP contribution in [0.1, 0.15) is 17.0 Å². The molecule has 0 saturated heterocycles. The number of hydrogen-bond donors (Lipinski definition) is 1. The van der Waals surface area contributed by atoms with Gasteiger partial charge in [-0.05, 0) is 68.2 Å². The largest absolute Gasteiger partial charge is 0.325 e. The summed E-state index contributed by atoms with van der Waals surface area (Å²) in [4.78, 5) is 24.2. The van der Waals surface area contributed by atoms with Crippen LogP contribution in [0.4, 0.5) is 21.5 Å². The maximum Gasteiger partial charge on any atom is 0.238 e. The van der Waals surface area contributed by atoms with Crippen LogP contribution >= 0.6 is 0 Å². The lowest BCUT2D eigenvalue weighted by molar-refractivity contribution is -0.115. The second kappa shape index (κ2) is 9.99. The number of aliphatic imine (C=N–C) groups is 1. The zero-order valence-electron chi connectivity index (χ0n) is 21.2. The van der Waals surface area contributed by atoms with Crippen molar-refractivity contribution in [3.8, 4) is 0 Å². The number of halogens is 1. The smallest absolute Gasteiger partial charge is 0.238 e. The second-order valence-electron chi connectivity index (χ2n) is 9.42. The van der Waals surface area contributed by atoms with Gasteiger partial charge in [-0.3, -0.25) is 14.1 Å². The van der Waals surface area contributed by atoms with E-state index in [1.165, 1.54) is 22.7 Å². The third kappa shape index (κ3) is 5.15. The van der Waals surface area contributed by atoms with Gasteiger partial charge in [-0.1, -0.05) is 6.07 Å². The van der Waals surface area contributed by atoms with Crippen LogP contribution in [0.5, 0.6) is 0 Å². The number of amides is 1. The summed E-state index contributed by atoms with van der Waals surface area (Å²) in [6.45, 7) is 0.866. The van der Waals surface area contributed by atoms with Crippen molar-refractivity contribution in [3.05, 3.63) is 90.1 Å². The normalized spacial score (nSPS) is 15.7. The zero-order valence-corrected chi connectivity index (χ0v) is 22.0. The van der Waals surface area contributed by atoms with E-state index >= 15 is 0 Å². The van der Waals surface area contributed by atoms with Crippen LogP contribution in [0.15, 0.2) is 78.2 Å². The fourth-order valence-corrected chi connectivity index (χ4v) is 5.40. The van der Waals surface area contributed by atoms with Crippen molar-refractivity contribution >= 4 is 44.4 Å². The minimum atomic E-state index is -3.49. The molecule has 2 aromatic carbocycles. The monoisotopic (exact) mass is 534 g/mol. The number of carbonyl (C=O) groups is 1. The minimum absolute atomic E-state index is 0.306. The third-order valence-electron chi connectivity index (χ3n) is 6.34. The van der Waals surface area contributed by atoms with Crippen LogP contribution < -0.4 is 9.62 Å². The van der Waals surface area contributed by atoms with Gasteiger partial charge in [0.1, 0.15) is 17.4 Å². The Morgan fingerprint density at radius 1 is 1.11 bits per heavy atom. The number of pyridine rings is 1. The molecule has 196 valence electrons. The lowest BCUT2D eigenvalue weighted by atomic mass is 9.91. The molecule has 0 bridgehead atoms. The first-order chi connectivity index (χ1) is 18.1. The molecule has 1 unspecified atom stereocenters. The van der Waals surface area contributed by atoms with E-state index in [2.05, 4.69) is 10.3 Å². The summed E-state index contributed by atoms with van der Waals surface area (Å²) in [5.74, 6) is -1.51. The van der Waals surface area contributed by atoms with Crippen LogP contribution in [-0.2, 0) is 14.8 Å². The summed E-state index contributed by atoms with van der Waals surface area (Å²) in [6.07, 6.45) is 6.50. The van der Waals surface area contributed by atoms with Crippen molar-refractivity contribution in [2.75, 3.05) is 43.1 Å². The van der Waals surface area contributed by atoms with Gasteiger partial charge < -0.3 is 14.6 Å². The molecule has 38 heavy (non-hydrogen) atoms. The number of aromatic nitrogens is 2. The first-order valence-corrected chi connectivity index (χ1v) is 13.8. The van der Waals surface area contributed by atoms with E-state index in [-0.39, 0.29) is 5.91 Å². The van der Waals surface area contributed by atoms with Gasteiger partial charge in [0.15, 0.2) is 0 Å². The number of imidazole rings is 1. The molecule has 9 nitrogen and oxygen atoms in total. The van der Waals surface area contributed by atoms with Gasteiger partial charge in [0.2, 0.25) is 15.9 Å². The highest BCUT2D eigenvalue weighted by Crippen LogP contribution is 2.37. The predicted molar refractivity (Wildman–Crippen MR) is 146 cm³/mol. The van der Waals surface area contributed by atoms with Gasteiger partial charge in [-0.15, -0.1) is 0 Å². The van der Waals surface area contributed by atoms with E-state index < -0.39 is 21.8 Å². The summed E-state index contributed by atoms with van der Waals surface area (Å²) in [5.41, 5.74) is 4.02. The third-order valence-corrected chi connectivity index (χ3v) is 7.54. The van der Waals surface area contributed by atoms with E-state index in [1.54, 1.807) is 42.7 Å². The number of carbonyl (C=O) groups excluding carboxylic acids is 1. The Morgan fingerprint density at radius 2 is 1.87 bits per heavy atom. The molecule has 0 fully saturated rings. The quantitative estimate of drug-likeness (QED) is 0.348. The highest BCUT2D eigenvalue weighted by Gasteiger charge is 2.36. The van der Waals surface area contributed by atoms with Crippen LogP contribution in [0.2, 0.25) is 0 Å². The van der Waals surface area contributed by atoms with E-state index in [9.17, 15) is 17.6 Å². The average Bonchev–Trinajstić information content (AvgIpc) is 3.45. The van der Waals surface area contributed by atoms with Gasteiger partial charge in [0.25, 0.3) is 0 Å². The average molecular weight is 535 g/mol. The maximum absolute atomic E-state index is 13.9. The van der Waals surface area contributed by atoms with Gasteiger partial charge in [0.05, 0.1) is 23.3 Å². The number of sulfonamides is 1. The Hall–Kier alpha value is -4.09. The Labute approximate surface area is 220 Å². The summed E-state index contributed by atoms with van der Waals surface area (Å²) in [5, 5.41) is 2.76. The Balaban J connectivity index is 1.58. The number of nitrogens with one attached hydrogen (secondary N) is 1. The Bertz CT molecular complexity index is 1650. The molecule has 0 spiro atoms. The molecule has 11 heteroatoms. The number of rotatable bonds is 8. The van der Waals surface area contributed by atoms with Crippen molar-refractivity contribution in [2.24, 2.45) is 4.99 Å². The van der Waals surface area contributed by atoms with E-state index in [0.29, 0.717) is 47.0 Å². The summed E-state index contributed by atoms with van der Waals surface area (Å²) in [6, 6.07) is 14.7.